The van der Waals surface area contributed by atoms with Crippen LogP contribution in [0.15, 0.2) is 6.07 Å². The molecule has 100 valence electrons. The largest absolute Gasteiger partial charge is 0.463 e. The maximum Gasteiger partial charge on any atom is 0.376 e. The molecule has 0 aliphatic rings. The van der Waals surface area contributed by atoms with E-state index in [2.05, 4.69) is 26.9 Å². The lowest BCUT2D eigenvalue weighted by atomic mass is 10.2. The highest BCUT2D eigenvalue weighted by molar-refractivity contribution is 5.85. The first-order chi connectivity index (χ1) is 8.56. The minimum Gasteiger partial charge on any atom is -0.463 e. The quantitative estimate of drug-likeness (QED) is 0.769. The molecular weight excluding hydrogens is 234 g/mol. The van der Waals surface area contributed by atoms with Crippen LogP contribution in [0.4, 0.5) is 5.82 Å². The molecule has 0 spiro atoms. The third kappa shape index (κ3) is 4.29. The van der Waals surface area contributed by atoms with Crippen LogP contribution < -0.4 is 5.32 Å². The molecule has 1 rings (SSSR count). The number of anilines is 1. The lowest BCUT2D eigenvalue weighted by Crippen LogP contribution is -2.18. The number of aryl methyl sites for hydroxylation is 1. The van der Waals surface area contributed by atoms with Crippen molar-refractivity contribution in [3.63, 3.8) is 0 Å². The van der Waals surface area contributed by atoms with Crippen molar-refractivity contribution in [1.82, 2.24) is 9.97 Å². The molecule has 0 saturated heterocycles. The average molecular weight is 253 g/mol. The molecule has 1 aromatic rings. The molecule has 0 aromatic carbocycles. The van der Waals surface area contributed by atoms with E-state index < -0.39 is 5.97 Å². The number of carbonyl (C=O) groups excluding carboxylic acids is 1. The minimum absolute atomic E-state index is 0.0689. The molecule has 6 nitrogen and oxygen atoms in total. The number of nitrogens with zero attached hydrogens (tertiary/aromatic N) is 2. The van der Waals surface area contributed by atoms with E-state index in [1.54, 1.807) is 20.1 Å². The molecule has 0 aliphatic heterocycles. The average Bonchev–Trinajstić information content (AvgIpc) is 2.35. The van der Waals surface area contributed by atoms with Gasteiger partial charge in [0.1, 0.15) is 5.82 Å². The SMILES string of the molecule is COCC(C)CNc1cc(C)nc(C(=O)OC)n1. The van der Waals surface area contributed by atoms with Gasteiger partial charge in [-0.2, -0.15) is 0 Å². The van der Waals surface area contributed by atoms with E-state index in [-0.39, 0.29) is 5.82 Å². The molecule has 6 heteroatoms. The summed E-state index contributed by atoms with van der Waals surface area (Å²) < 4.78 is 9.65. The highest BCUT2D eigenvalue weighted by atomic mass is 16.5. The minimum atomic E-state index is -0.535. The molecule has 0 bridgehead atoms. The summed E-state index contributed by atoms with van der Waals surface area (Å²) in [6.07, 6.45) is 0. The highest BCUT2D eigenvalue weighted by Crippen LogP contribution is 2.08. The van der Waals surface area contributed by atoms with Crippen molar-refractivity contribution in [2.75, 3.05) is 32.7 Å². The lowest BCUT2D eigenvalue weighted by molar-refractivity contribution is 0.0586. The van der Waals surface area contributed by atoms with Gasteiger partial charge in [-0.25, -0.2) is 14.8 Å². The number of hydrogen-bond acceptors (Lipinski definition) is 6. The number of nitrogens with one attached hydrogen (secondary N) is 1. The number of carbonyl (C=O) groups is 1. The van der Waals surface area contributed by atoms with Crippen LogP contribution in [0.3, 0.4) is 0 Å². The topological polar surface area (TPSA) is 73.3 Å². The van der Waals surface area contributed by atoms with E-state index in [1.165, 1.54) is 7.11 Å². The van der Waals surface area contributed by atoms with Crippen LogP contribution in [0.25, 0.3) is 0 Å². The van der Waals surface area contributed by atoms with E-state index in [0.717, 1.165) is 0 Å². The normalized spacial score (nSPS) is 12.0. The van der Waals surface area contributed by atoms with Gasteiger partial charge in [-0.05, 0) is 12.8 Å². The Bertz CT molecular complexity index is 410. The second-order valence-electron chi connectivity index (χ2n) is 4.15. The number of methoxy groups -OCH3 is 2. The molecule has 1 aromatic heterocycles. The van der Waals surface area contributed by atoms with E-state index in [0.29, 0.717) is 30.6 Å². The first kappa shape index (κ1) is 14.4. The van der Waals surface area contributed by atoms with Gasteiger partial charge >= 0.3 is 5.97 Å². The van der Waals surface area contributed by atoms with Crippen molar-refractivity contribution in [3.05, 3.63) is 17.6 Å². The van der Waals surface area contributed by atoms with E-state index in [4.69, 9.17) is 4.74 Å². The summed E-state index contributed by atoms with van der Waals surface area (Å²) in [6, 6.07) is 1.78. The Morgan fingerprint density at radius 2 is 2.17 bits per heavy atom. The van der Waals surface area contributed by atoms with Crippen LogP contribution in [0.2, 0.25) is 0 Å². The maximum atomic E-state index is 11.4. The van der Waals surface area contributed by atoms with Gasteiger partial charge in [0, 0.05) is 25.4 Å². The van der Waals surface area contributed by atoms with Gasteiger partial charge in [-0.3, -0.25) is 0 Å². The molecule has 1 N–H and O–H groups in total. The second kappa shape index (κ2) is 6.90. The zero-order chi connectivity index (χ0) is 13.5. The predicted octanol–water partition coefficient (Wildman–Crippen LogP) is 1.27. The zero-order valence-corrected chi connectivity index (χ0v) is 11.2. The molecule has 0 fully saturated rings. The Hall–Kier alpha value is -1.69. The van der Waals surface area contributed by atoms with Crippen LogP contribution in [-0.2, 0) is 9.47 Å². The van der Waals surface area contributed by atoms with Crippen molar-refractivity contribution in [3.8, 4) is 0 Å². The van der Waals surface area contributed by atoms with Crippen LogP contribution in [0, 0.1) is 12.8 Å². The maximum absolute atomic E-state index is 11.4. The van der Waals surface area contributed by atoms with Crippen molar-refractivity contribution < 1.29 is 14.3 Å². The number of rotatable bonds is 6. The zero-order valence-electron chi connectivity index (χ0n) is 11.2. The molecule has 1 atom stereocenters. The number of aromatic nitrogens is 2. The molecule has 1 heterocycles. The summed E-state index contributed by atoms with van der Waals surface area (Å²) >= 11 is 0. The Morgan fingerprint density at radius 3 is 2.78 bits per heavy atom. The molecule has 0 aliphatic carbocycles. The molecule has 0 radical (unpaired) electrons. The Balaban J connectivity index is 2.71. The Kier molecular flexibility index (Phi) is 5.51. The molecular formula is C12H19N3O3. The van der Waals surface area contributed by atoms with Crippen molar-refractivity contribution in [2.45, 2.75) is 13.8 Å². The molecule has 0 saturated carbocycles. The van der Waals surface area contributed by atoms with Crippen LogP contribution >= 0.6 is 0 Å². The highest BCUT2D eigenvalue weighted by Gasteiger charge is 2.11. The van der Waals surface area contributed by atoms with Crippen LogP contribution in [0.5, 0.6) is 0 Å². The molecule has 1 unspecified atom stereocenters. The van der Waals surface area contributed by atoms with Crippen molar-refractivity contribution in [2.24, 2.45) is 5.92 Å². The number of ether oxygens (including phenoxy) is 2. The number of esters is 1. The molecule has 0 amide bonds. The summed E-state index contributed by atoms with van der Waals surface area (Å²) in [4.78, 5) is 19.5. The van der Waals surface area contributed by atoms with Crippen LogP contribution in [-0.4, -0.2) is 43.3 Å². The fourth-order valence-corrected chi connectivity index (χ4v) is 1.46. The van der Waals surface area contributed by atoms with Crippen LogP contribution in [0.1, 0.15) is 23.2 Å². The monoisotopic (exact) mass is 253 g/mol. The summed E-state index contributed by atoms with van der Waals surface area (Å²) in [5.74, 6) is 0.504. The van der Waals surface area contributed by atoms with Crippen molar-refractivity contribution >= 4 is 11.8 Å². The molecule has 18 heavy (non-hydrogen) atoms. The van der Waals surface area contributed by atoms with Gasteiger partial charge in [0.25, 0.3) is 0 Å². The Labute approximate surface area is 107 Å². The number of hydrogen-bond donors (Lipinski definition) is 1. The van der Waals surface area contributed by atoms with E-state index in [1.807, 2.05) is 0 Å². The summed E-state index contributed by atoms with van der Waals surface area (Å²) in [7, 11) is 2.97. The van der Waals surface area contributed by atoms with Gasteiger partial charge in [0.2, 0.25) is 5.82 Å². The van der Waals surface area contributed by atoms with Gasteiger partial charge < -0.3 is 14.8 Å². The van der Waals surface area contributed by atoms with E-state index in [9.17, 15) is 4.79 Å². The van der Waals surface area contributed by atoms with Gasteiger partial charge in [0.15, 0.2) is 0 Å². The van der Waals surface area contributed by atoms with Crippen molar-refractivity contribution in [1.29, 1.82) is 0 Å². The van der Waals surface area contributed by atoms with E-state index >= 15 is 0 Å². The first-order valence-electron chi connectivity index (χ1n) is 5.73. The third-order valence-electron chi connectivity index (χ3n) is 2.31. The third-order valence-corrected chi connectivity index (χ3v) is 2.31. The van der Waals surface area contributed by atoms with Gasteiger partial charge in [-0.15, -0.1) is 0 Å². The predicted molar refractivity (Wildman–Crippen MR) is 67.6 cm³/mol. The fourth-order valence-electron chi connectivity index (χ4n) is 1.46. The Morgan fingerprint density at radius 1 is 1.44 bits per heavy atom. The van der Waals surface area contributed by atoms with Gasteiger partial charge in [0.05, 0.1) is 13.7 Å². The summed E-state index contributed by atoms with van der Waals surface area (Å²) in [5, 5.41) is 3.15. The summed E-state index contributed by atoms with van der Waals surface area (Å²) in [6.45, 7) is 5.25. The smallest absolute Gasteiger partial charge is 0.376 e. The summed E-state index contributed by atoms with van der Waals surface area (Å²) in [5.41, 5.74) is 0.715. The lowest BCUT2D eigenvalue weighted by Gasteiger charge is -2.12. The van der Waals surface area contributed by atoms with Gasteiger partial charge in [-0.1, -0.05) is 6.92 Å². The second-order valence-corrected chi connectivity index (χ2v) is 4.15. The fraction of sp³-hybridized carbons (Fsp3) is 0.583. The first-order valence-corrected chi connectivity index (χ1v) is 5.73. The standard InChI is InChI=1S/C12H19N3O3/c1-8(7-17-3)6-13-10-5-9(2)14-11(15-10)12(16)18-4/h5,8H,6-7H2,1-4H3,(H,13,14,15).